The highest BCUT2D eigenvalue weighted by molar-refractivity contribution is 6.31. The molecule has 2 atom stereocenters. The average Bonchev–Trinajstić information content (AvgIpc) is 2.93. The van der Waals surface area contributed by atoms with Gasteiger partial charge in [0.2, 0.25) is 0 Å². The molecular weight excluding hydrogens is 261 g/mol. The van der Waals surface area contributed by atoms with Gasteiger partial charge in [0.25, 0.3) is 0 Å². The van der Waals surface area contributed by atoms with E-state index >= 15 is 0 Å². The van der Waals surface area contributed by atoms with Crippen molar-refractivity contribution in [3.8, 4) is 0 Å². The minimum atomic E-state index is -0.123. The number of hydrogen-bond donors (Lipinski definition) is 1. The van der Waals surface area contributed by atoms with E-state index in [1.165, 1.54) is 25.7 Å². The van der Waals surface area contributed by atoms with Gasteiger partial charge in [-0.1, -0.05) is 43.4 Å². The van der Waals surface area contributed by atoms with E-state index < -0.39 is 0 Å². The van der Waals surface area contributed by atoms with Crippen LogP contribution in [0.15, 0.2) is 18.2 Å². The van der Waals surface area contributed by atoms with Crippen LogP contribution >= 0.6 is 11.6 Å². The lowest BCUT2D eigenvalue weighted by atomic mass is 9.73. The van der Waals surface area contributed by atoms with Crippen LogP contribution in [-0.2, 0) is 0 Å². The zero-order chi connectivity index (χ0) is 13.2. The summed E-state index contributed by atoms with van der Waals surface area (Å²) in [6.45, 7) is 1.98. The summed E-state index contributed by atoms with van der Waals surface area (Å²) in [6, 6.07) is 5.08. The third kappa shape index (κ3) is 2.66. The largest absolute Gasteiger partial charge is 0.316 e. The molecule has 1 saturated heterocycles. The van der Waals surface area contributed by atoms with Gasteiger partial charge < -0.3 is 5.32 Å². The maximum Gasteiger partial charge on any atom is 0.128 e. The molecule has 0 amide bonds. The molecule has 1 aliphatic heterocycles. The highest BCUT2D eigenvalue weighted by Gasteiger charge is 2.36. The zero-order valence-corrected chi connectivity index (χ0v) is 11.9. The predicted molar refractivity (Wildman–Crippen MR) is 77.1 cm³/mol. The molecule has 0 aromatic heterocycles. The number of benzene rings is 1. The van der Waals surface area contributed by atoms with Crippen molar-refractivity contribution in [1.29, 1.82) is 0 Å². The van der Waals surface area contributed by atoms with Gasteiger partial charge in [-0.15, -0.1) is 0 Å². The second-order valence-electron chi connectivity index (χ2n) is 5.94. The van der Waals surface area contributed by atoms with E-state index in [-0.39, 0.29) is 11.7 Å². The Morgan fingerprint density at radius 3 is 2.68 bits per heavy atom. The fraction of sp³-hybridized carbons (Fsp3) is 0.625. The molecular formula is C16H21ClFN. The Morgan fingerprint density at radius 2 is 1.95 bits per heavy atom. The van der Waals surface area contributed by atoms with E-state index in [9.17, 15) is 4.39 Å². The minimum Gasteiger partial charge on any atom is -0.316 e. The van der Waals surface area contributed by atoms with Crippen LogP contribution in [0.3, 0.4) is 0 Å². The van der Waals surface area contributed by atoms with Crippen molar-refractivity contribution >= 4 is 11.6 Å². The molecule has 1 heterocycles. The van der Waals surface area contributed by atoms with Gasteiger partial charge in [0.1, 0.15) is 5.82 Å². The van der Waals surface area contributed by atoms with E-state index in [4.69, 9.17) is 11.6 Å². The van der Waals surface area contributed by atoms with Crippen molar-refractivity contribution in [3.63, 3.8) is 0 Å². The first-order valence-electron chi connectivity index (χ1n) is 7.42. The zero-order valence-electron chi connectivity index (χ0n) is 11.2. The molecule has 2 aliphatic rings. The first-order chi connectivity index (χ1) is 9.27. The molecule has 19 heavy (non-hydrogen) atoms. The third-order valence-electron chi connectivity index (χ3n) is 4.90. The quantitative estimate of drug-likeness (QED) is 0.849. The summed E-state index contributed by atoms with van der Waals surface area (Å²) in [5.41, 5.74) is 0.766. The van der Waals surface area contributed by atoms with Crippen molar-refractivity contribution in [1.82, 2.24) is 5.32 Å². The molecule has 1 nitrogen and oxygen atoms in total. The van der Waals surface area contributed by atoms with E-state index in [1.807, 2.05) is 6.07 Å². The molecule has 104 valence electrons. The van der Waals surface area contributed by atoms with Crippen molar-refractivity contribution in [2.45, 2.75) is 38.0 Å². The molecule has 1 aromatic rings. The van der Waals surface area contributed by atoms with Gasteiger partial charge in [0.05, 0.1) is 0 Å². The van der Waals surface area contributed by atoms with Crippen LogP contribution in [0, 0.1) is 17.7 Å². The topological polar surface area (TPSA) is 12.0 Å². The van der Waals surface area contributed by atoms with Gasteiger partial charge in [-0.3, -0.25) is 0 Å². The molecule has 0 spiro atoms. The maximum absolute atomic E-state index is 14.2. The van der Waals surface area contributed by atoms with Gasteiger partial charge in [-0.2, -0.15) is 0 Å². The average molecular weight is 282 g/mol. The molecule has 3 rings (SSSR count). The number of hydrogen-bond acceptors (Lipinski definition) is 1. The molecule has 3 heteroatoms. The fourth-order valence-electron chi connectivity index (χ4n) is 3.99. The van der Waals surface area contributed by atoms with Crippen LogP contribution in [0.1, 0.15) is 43.6 Å². The van der Waals surface area contributed by atoms with Crippen molar-refractivity contribution in [3.05, 3.63) is 34.6 Å². The van der Waals surface area contributed by atoms with Gasteiger partial charge in [-0.05, 0) is 49.4 Å². The monoisotopic (exact) mass is 281 g/mol. The fourth-order valence-corrected chi connectivity index (χ4v) is 4.29. The first-order valence-corrected chi connectivity index (χ1v) is 7.80. The van der Waals surface area contributed by atoms with Gasteiger partial charge in [-0.25, -0.2) is 4.39 Å². The standard InChI is InChI=1S/C16H21ClFN/c17-14-6-3-7-15(18)16(14)12-8-9-19-10-13(12)11-4-1-2-5-11/h3,6-7,11-13,19H,1-2,4-5,8-10H2. The molecule has 1 N–H and O–H groups in total. The van der Waals surface area contributed by atoms with Crippen molar-refractivity contribution in [2.24, 2.45) is 11.8 Å². The Hall–Kier alpha value is -0.600. The smallest absolute Gasteiger partial charge is 0.128 e. The summed E-state index contributed by atoms with van der Waals surface area (Å²) in [5.74, 6) is 1.46. The number of halogens is 2. The van der Waals surface area contributed by atoms with Crippen LogP contribution in [0.2, 0.25) is 5.02 Å². The van der Waals surface area contributed by atoms with Gasteiger partial charge in [0.15, 0.2) is 0 Å². The van der Waals surface area contributed by atoms with Crippen molar-refractivity contribution in [2.75, 3.05) is 13.1 Å². The summed E-state index contributed by atoms with van der Waals surface area (Å²) in [6.07, 6.45) is 6.27. The number of piperidine rings is 1. The second kappa shape index (κ2) is 5.80. The van der Waals surface area contributed by atoms with E-state index in [0.717, 1.165) is 31.0 Å². The Kier molecular flexibility index (Phi) is 4.09. The van der Waals surface area contributed by atoms with Gasteiger partial charge >= 0.3 is 0 Å². The van der Waals surface area contributed by atoms with Crippen LogP contribution in [0.25, 0.3) is 0 Å². The minimum absolute atomic E-state index is 0.123. The van der Waals surface area contributed by atoms with Crippen LogP contribution in [0.4, 0.5) is 4.39 Å². The number of nitrogens with one attached hydrogen (secondary N) is 1. The van der Waals surface area contributed by atoms with Crippen LogP contribution in [0.5, 0.6) is 0 Å². The lowest BCUT2D eigenvalue weighted by Gasteiger charge is -2.37. The lowest BCUT2D eigenvalue weighted by molar-refractivity contribution is 0.228. The number of rotatable bonds is 2. The summed E-state index contributed by atoms with van der Waals surface area (Å²) in [5, 5.41) is 4.09. The SMILES string of the molecule is Fc1cccc(Cl)c1C1CCNCC1C1CCCC1. The van der Waals surface area contributed by atoms with Gasteiger partial charge in [0, 0.05) is 10.6 Å². The summed E-state index contributed by atoms with van der Waals surface area (Å²) < 4.78 is 14.2. The normalized spacial score (nSPS) is 28.7. The Labute approximate surface area is 119 Å². The van der Waals surface area contributed by atoms with E-state index in [2.05, 4.69) is 5.32 Å². The highest BCUT2D eigenvalue weighted by Crippen LogP contribution is 2.44. The lowest BCUT2D eigenvalue weighted by Crippen LogP contribution is -2.39. The predicted octanol–water partition coefficient (Wildman–Crippen LogP) is 4.36. The summed E-state index contributed by atoms with van der Waals surface area (Å²) in [7, 11) is 0. The maximum atomic E-state index is 14.2. The third-order valence-corrected chi connectivity index (χ3v) is 5.23. The molecule has 0 bridgehead atoms. The highest BCUT2D eigenvalue weighted by atomic mass is 35.5. The summed E-state index contributed by atoms with van der Waals surface area (Å²) in [4.78, 5) is 0. The van der Waals surface area contributed by atoms with E-state index in [0.29, 0.717) is 10.9 Å². The molecule has 1 aliphatic carbocycles. The van der Waals surface area contributed by atoms with Crippen molar-refractivity contribution < 1.29 is 4.39 Å². The Bertz CT molecular complexity index is 422. The van der Waals surface area contributed by atoms with Crippen LogP contribution < -0.4 is 5.32 Å². The van der Waals surface area contributed by atoms with Crippen LogP contribution in [-0.4, -0.2) is 13.1 Å². The molecule has 2 unspecified atom stereocenters. The van der Waals surface area contributed by atoms with E-state index in [1.54, 1.807) is 12.1 Å². The molecule has 1 saturated carbocycles. The Balaban J connectivity index is 1.91. The Morgan fingerprint density at radius 1 is 1.16 bits per heavy atom. The summed E-state index contributed by atoms with van der Waals surface area (Å²) >= 11 is 6.27. The first kappa shape index (κ1) is 13.4. The molecule has 0 radical (unpaired) electrons. The molecule has 1 aromatic carbocycles. The second-order valence-corrected chi connectivity index (χ2v) is 6.35. The molecule has 2 fully saturated rings.